The number of ether oxygens (including phenoxy) is 1. The van der Waals surface area contributed by atoms with Gasteiger partial charge in [0.25, 0.3) is 5.69 Å². The van der Waals surface area contributed by atoms with Gasteiger partial charge in [-0.2, -0.15) is 0 Å². The van der Waals surface area contributed by atoms with Crippen molar-refractivity contribution in [2.75, 3.05) is 51.3 Å². The van der Waals surface area contributed by atoms with Gasteiger partial charge < -0.3 is 14.7 Å². The first-order chi connectivity index (χ1) is 10.6. The van der Waals surface area contributed by atoms with E-state index in [1.54, 1.807) is 6.07 Å². The smallest absolute Gasteiger partial charge is 0.340 e. The maximum absolute atomic E-state index is 11.9. The quantitative estimate of drug-likeness (QED) is 0.480. The lowest BCUT2D eigenvalue weighted by Crippen LogP contribution is -2.47. The molecule has 8 heteroatoms. The van der Waals surface area contributed by atoms with E-state index in [1.807, 2.05) is 4.90 Å². The van der Waals surface area contributed by atoms with Crippen LogP contribution in [0.4, 0.5) is 11.4 Å². The summed E-state index contributed by atoms with van der Waals surface area (Å²) in [5.41, 5.74) is 0.705. The number of methoxy groups -OCH3 is 1. The molecule has 0 spiro atoms. The summed E-state index contributed by atoms with van der Waals surface area (Å²) in [5.74, 6) is -0.587. The SMILES string of the molecule is COC(=O)c1cc([N+](=O)[O-])ccc1N1CCN(CCO)CC1. The average molecular weight is 309 g/mol. The van der Waals surface area contributed by atoms with Crippen molar-refractivity contribution >= 4 is 17.3 Å². The molecule has 0 aliphatic carbocycles. The number of nitro groups is 1. The molecule has 1 aliphatic heterocycles. The van der Waals surface area contributed by atoms with E-state index in [1.165, 1.54) is 19.2 Å². The molecule has 1 aromatic carbocycles. The van der Waals surface area contributed by atoms with E-state index in [-0.39, 0.29) is 17.9 Å². The number of piperazine rings is 1. The van der Waals surface area contributed by atoms with Crippen LogP contribution in [-0.4, -0.2) is 67.3 Å². The molecule has 0 aromatic heterocycles. The molecule has 1 saturated heterocycles. The van der Waals surface area contributed by atoms with Gasteiger partial charge in [-0.1, -0.05) is 0 Å². The summed E-state index contributed by atoms with van der Waals surface area (Å²) in [5, 5.41) is 19.8. The zero-order valence-electron chi connectivity index (χ0n) is 12.4. The van der Waals surface area contributed by atoms with Crippen molar-refractivity contribution in [3.8, 4) is 0 Å². The topological polar surface area (TPSA) is 96.1 Å². The van der Waals surface area contributed by atoms with E-state index < -0.39 is 10.9 Å². The minimum Gasteiger partial charge on any atom is -0.465 e. The van der Waals surface area contributed by atoms with E-state index in [0.29, 0.717) is 25.3 Å². The zero-order chi connectivity index (χ0) is 16.1. The predicted molar refractivity (Wildman–Crippen MR) is 80.2 cm³/mol. The minimum atomic E-state index is -0.587. The summed E-state index contributed by atoms with van der Waals surface area (Å²) in [6.45, 7) is 3.63. The lowest BCUT2D eigenvalue weighted by molar-refractivity contribution is -0.384. The molecular formula is C14H19N3O5. The van der Waals surface area contributed by atoms with Gasteiger partial charge in [0.1, 0.15) is 0 Å². The molecule has 0 radical (unpaired) electrons. The summed E-state index contributed by atoms with van der Waals surface area (Å²) < 4.78 is 4.73. The van der Waals surface area contributed by atoms with Gasteiger partial charge in [0, 0.05) is 44.9 Å². The molecule has 1 aromatic rings. The van der Waals surface area contributed by atoms with Crippen molar-refractivity contribution in [1.82, 2.24) is 4.90 Å². The van der Waals surface area contributed by atoms with Crippen LogP contribution in [0.15, 0.2) is 18.2 Å². The number of carbonyl (C=O) groups is 1. The average Bonchev–Trinajstić information content (AvgIpc) is 2.54. The molecule has 0 bridgehead atoms. The Morgan fingerprint density at radius 1 is 1.36 bits per heavy atom. The third kappa shape index (κ3) is 3.52. The monoisotopic (exact) mass is 309 g/mol. The van der Waals surface area contributed by atoms with Crippen LogP contribution in [-0.2, 0) is 4.74 Å². The van der Waals surface area contributed by atoms with Gasteiger partial charge in [0.2, 0.25) is 0 Å². The van der Waals surface area contributed by atoms with E-state index in [2.05, 4.69) is 4.90 Å². The van der Waals surface area contributed by atoms with Gasteiger partial charge in [-0.05, 0) is 6.07 Å². The van der Waals surface area contributed by atoms with Gasteiger partial charge in [0.15, 0.2) is 0 Å². The van der Waals surface area contributed by atoms with Crippen molar-refractivity contribution in [1.29, 1.82) is 0 Å². The Hall–Kier alpha value is -2.19. The highest BCUT2D eigenvalue weighted by molar-refractivity contribution is 5.96. The van der Waals surface area contributed by atoms with Crippen LogP contribution in [0, 0.1) is 10.1 Å². The number of aliphatic hydroxyl groups excluding tert-OH is 1. The summed E-state index contributed by atoms with van der Waals surface area (Å²) >= 11 is 0. The van der Waals surface area contributed by atoms with E-state index in [0.717, 1.165) is 13.1 Å². The fourth-order valence-electron chi connectivity index (χ4n) is 2.54. The molecule has 0 amide bonds. The van der Waals surface area contributed by atoms with Gasteiger partial charge in [0.05, 0.1) is 29.9 Å². The molecule has 0 atom stereocenters. The highest BCUT2D eigenvalue weighted by Crippen LogP contribution is 2.27. The number of nitrogens with zero attached hydrogens (tertiary/aromatic N) is 3. The summed E-state index contributed by atoms with van der Waals surface area (Å²) in [6, 6.07) is 4.23. The molecule has 0 saturated carbocycles. The van der Waals surface area contributed by atoms with Crippen LogP contribution in [0.5, 0.6) is 0 Å². The number of hydrogen-bond acceptors (Lipinski definition) is 7. The number of non-ortho nitro benzene ring substituents is 1. The molecule has 120 valence electrons. The lowest BCUT2D eigenvalue weighted by atomic mass is 10.1. The Morgan fingerprint density at radius 3 is 2.59 bits per heavy atom. The maximum atomic E-state index is 11.9. The van der Waals surface area contributed by atoms with Crippen LogP contribution in [0.1, 0.15) is 10.4 Å². The van der Waals surface area contributed by atoms with Crippen molar-refractivity contribution in [3.05, 3.63) is 33.9 Å². The highest BCUT2D eigenvalue weighted by Gasteiger charge is 2.24. The Bertz CT molecular complexity index is 555. The molecule has 1 heterocycles. The number of hydrogen-bond donors (Lipinski definition) is 1. The van der Waals surface area contributed by atoms with Crippen molar-refractivity contribution in [2.45, 2.75) is 0 Å². The number of benzene rings is 1. The summed E-state index contributed by atoms with van der Waals surface area (Å²) in [7, 11) is 1.25. The Balaban J connectivity index is 2.23. The largest absolute Gasteiger partial charge is 0.465 e. The number of anilines is 1. The second-order valence-electron chi connectivity index (χ2n) is 5.00. The molecule has 1 aliphatic rings. The second-order valence-corrected chi connectivity index (χ2v) is 5.00. The van der Waals surface area contributed by atoms with Gasteiger partial charge >= 0.3 is 5.97 Å². The first kappa shape index (κ1) is 16.2. The van der Waals surface area contributed by atoms with Crippen LogP contribution in [0.3, 0.4) is 0 Å². The normalized spacial score (nSPS) is 15.6. The standard InChI is InChI=1S/C14H19N3O5/c1-22-14(19)12-10-11(17(20)21)2-3-13(12)16-6-4-15(5-7-16)8-9-18/h2-3,10,18H,4-9H2,1H3. The van der Waals surface area contributed by atoms with Crippen molar-refractivity contribution in [3.63, 3.8) is 0 Å². The van der Waals surface area contributed by atoms with Gasteiger partial charge in [-0.3, -0.25) is 15.0 Å². The number of β-amino-alcohol motifs (C(OH)–C–C–N with tert-alkyl or cyclic N) is 1. The lowest BCUT2D eigenvalue weighted by Gasteiger charge is -2.36. The maximum Gasteiger partial charge on any atom is 0.340 e. The third-order valence-electron chi connectivity index (χ3n) is 3.73. The summed E-state index contributed by atoms with van der Waals surface area (Å²) in [4.78, 5) is 26.4. The minimum absolute atomic E-state index is 0.116. The predicted octanol–water partition coefficient (Wildman–Crippen LogP) is 0.496. The van der Waals surface area contributed by atoms with E-state index in [9.17, 15) is 14.9 Å². The number of carbonyl (C=O) groups excluding carboxylic acids is 1. The van der Waals surface area contributed by atoms with Crippen LogP contribution in [0.2, 0.25) is 0 Å². The number of nitro benzene ring substituents is 1. The van der Waals surface area contributed by atoms with Gasteiger partial charge in [-0.15, -0.1) is 0 Å². The third-order valence-corrected chi connectivity index (χ3v) is 3.73. The van der Waals surface area contributed by atoms with Gasteiger partial charge in [-0.25, -0.2) is 4.79 Å². The zero-order valence-corrected chi connectivity index (χ0v) is 12.4. The molecule has 22 heavy (non-hydrogen) atoms. The van der Waals surface area contributed by atoms with Crippen LogP contribution >= 0.6 is 0 Å². The van der Waals surface area contributed by atoms with Crippen molar-refractivity contribution in [2.24, 2.45) is 0 Å². The van der Waals surface area contributed by atoms with E-state index >= 15 is 0 Å². The van der Waals surface area contributed by atoms with Crippen LogP contribution in [0.25, 0.3) is 0 Å². The molecular weight excluding hydrogens is 290 g/mol. The fourth-order valence-corrected chi connectivity index (χ4v) is 2.54. The van der Waals surface area contributed by atoms with Crippen molar-refractivity contribution < 1.29 is 19.6 Å². The number of aliphatic hydroxyl groups is 1. The van der Waals surface area contributed by atoms with E-state index in [4.69, 9.17) is 9.84 Å². The number of rotatable bonds is 5. The molecule has 1 N–H and O–H groups in total. The van der Waals surface area contributed by atoms with Crippen LogP contribution < -0.4 is 4.90 Å². The number of esters is 1. The second kappa shape index (κ2) is 7.19. The Kier molecular flexibility index (Phi) is 5.29. The molecule has 1 fully saturated rings. The Labute approximate surface area is 128 Å². The highest BCUT2D eigenvalue weighted by atomic mass is 16.6. The molecule has 0 unspecified atom stereocenters. The molecule has 8 nitrogen and oxygen atoms in total. The Morgan fingerprint density at radius 2 is 2.05 bits per heavy atom. The summed E-state index contributed by atoms with van der Waals surface area (Å²) in [6.07, 6.45) is 0. The fraction of sp³-hybridized carbons (Fsp3) is 0.500. The first-order valence-electron chi connectivity index (χ1n) is 7.01. The molecule has 2 rings (SSSR count). The first-order valence-corrected chi connectivity index (χ1v) is 7.01.